The second-order valence-corrected chi connectivity index (χ2v) is 8.07. The van der Waals surface area contributed by atoms with Gasteiger partial charge < -0.3 is 19.7 Å². The Morgan fingerprint density at radius 2 is 1.87 bits per heavy atom. The predicted octanol–water partition coefficient (Wildman–Crippen LogP) is 4.37. The van der Waals surface area contributed by atoms with E-state index >= 15 is 0 Å². The highest BCUT2D eigenvalue weighted by Crippen LogP contribution is 2.22. The molecule has 0 aliphatic heterocycles. The summed E-state index contributed by atoms with van der Waals surface area (Å²) in [5, 5.41) is 3.55. The first-order valence-electron chi connectivity index (χ1n) is 10.4. The van der Waals surface area contributed by atoms with Gasteiger partial charge >= 0.3 is 0 Å². The molecule has 7 heteroatoms. The van der Waals surface area contributed by atoms with Gasteiger partial charge in [0.05, 0.1) is 7.11 Å². The smallest absolute Gasteiger partial charge is 0.261 e. The molecule has 0 saturated carbocycles. The van der Waals surface area contributed by atoms with Crippen molar-refractivity contribution in [2.45, 2.75) is 52.7 Å². The van der Waals surface area contributed by atoms with Crippen LogP contribution in [0.2, 0.25) is 5.02 Å². The lowest BCUT2D eigenvalue weighted by atomic mass is 10.1. The number of halogens is 1. The average molecular weight is 447 g/mol. The Morgan fingerprint density at radius 1 is 1.13 bits per heavy atom. The van der Waals surface area contributed by atoms with Crippen molar-refractivity contribution in [3.05, 3.63) is 58.6 Å². The van der Waals surface area contributed by atoms with E-state index < -0.39 is 6.04 Å². The second-order valence-electron chi connectivity index (χ2n) is 7.66. The van der Waals surface area contributed by atoms with Crippen LogP contribution in [0.15, 0.2) is 42.5 Å². The quantitative estimate of drug-likeness (QED) is 0.588. The molecule has 0 aromatic heterocycles. The second kappa shape index (κ2) is 11.6. The number of benzene rings is 2. The molecule has 168 valence electrons. The molecule has 2 aromatic carbocycles. The summed E-state index contributed by atoms with van der Waals surface area (Å²) in [4.78, 5) is 27.6. The van der Waals surface area contributed by atoms with Gasteiger partial charge in [-0.05, 0) is 68.7 Å². The van der Waals surface area contributed by atoms with E-state index in [9.17, 15) is 9.59 Å². The first kappa shape index (κ1) is 24.5. The summed E-state index contributed by atoms with van der Waals surface area (Å²) in [5.74, 6) is 0.783. The molecule has 0 bridgehead atoms. The average Bonchev–Trinajstić information content (AvgIpc) is 2.73. The highest BCUT2D eigenvalue weighted by Gasteiger charge is 2.29. The van der Waals surface area contributed by atoms with Crippen LogP contribution in [0.25, 0.3) is 0 Å². The molecule has 2 amide bonds. The van der Waals surface area contributed by atoms with Gasteiger partial charge in [-0.3, -0.25) is 9.59 Å². The summed E-state index contributed by atoms with van der Waals surface area (Å²) >= 11 is 6.06. The van der Waals surface area contributed by atoms with Crippen molar-refractivity contribution < 1.29 is 19.1 Å². The molecular weight excluding hydrogens is 416 g/mol. The standard InChI is InChI=1S/C24H31ClN2O4/c1-6-22(24(29)26-16(2)3)27(14-18-8-7-9-19(13-18)30-5)23(28)15-31-20-10-11-21(25)17(4)12-20/h7-13,16,22H,6,14-15H2,1-5H3,(H,26,29)/t22-/m0/s1. The zero-order valence-electron chi connectivity index (χ0n) is 18.8. The van der Waals surface area contributed by atoms with Crippen LogP contribution in [0, 0.1) is 6.92 Å². The number of hydrogen-bond acceptors (Lipinski definition) is 4. The summed E-state index contributed by atoms with van der Waals surface area (Å²) < 4.78 is 11.0. The van der Waals surface area contributed by atoms with E-state index in [-0.39, 0.29) is 31.0 Å². The van der Waals surface area contributed by atoms with Crippen molar-refractivity contribution in [1.82, 2.24) is 10.2 Å². The molecule has 0 fully saturated rings. The molecule has 0 unspecified atom stereocenters. The van der Waals surface area contributed by atoms with Crippen LogP contribution in [-0.2, 0) is 16.1 Å². The Balaban J connectivity index is 2.24. The van der Waals surface area contributed by atoms with E-state index in [1.807, 2.05) is 52.0 Å². The summed E-state index contributed by atoms with van der Waals surface area (Å²) in [6, 6.07) is 12.1. The third-order valence-corrected chi connectivity index (χ3v) is 5.22. The lowest BCUT2D eigenvalue weighted by Crippen LogP contribution is -2.51. The molecule has 1 atom stereocenters. The Hall–Kier alpha value is -2.73. The largest absolute Gasteiger partial charge is 0.497 e. The predicted molar refractivity (Wildman–Crippen MR) is 123 cm³/mol. The molecule has 2 rings (SSSR count). The molecule has 0 aliphatic rings. The van der Waals surface area contributed by atoms with Gasteiger partial charge in [0.1, 0.15) is 17.5 Å². The van der Waals surface area contributed by atoms with E-state index in [0.29, 0.717) is 22.9 Å². The number of methoxy groups -OCH3 is 1. The molecule has 2 aromatic rings. The maximum absolute atomic E-state index is 13.2. The van der Waals surface area contributed by atoms with Gasteiger partial charge in [-0.2, -0.15) is 0 Å². The topological polar surface area (TPSA) is 67.9 Å². The van der Waals surface area contributed by atoms with Gasteiger partial charge in [0.25, 0.3) is 5.91 Å². The molecule has 0 spiro atoms. The van der Waals surface area contributed by atoms with E-state index in [2.05, 4.69) is 5.32 Å². The maximum Gasteiger partial charge on any atom is 0.261 e. The molecule has 0 heterocycles. The lowest BCUT2D eigenvalue weighted by molar-refractivity contribution is -0.143. The van der Waals surface area contributed by atoms with Crippen LogP contribution < -0.4 is 14.8 Å². The lowest BCUT2D eigenvalue weighted by Gasteiger charge is -2.31. The molecular formula is C24H31ClN2O4. The van der Waals surface area contributed by atoms with Crippen LogP contribution in [-0.4, -0.2) is 42.5 Å². The van der Waals surface area contributed by atoms with Crippen molar-refractivity contribution in [3.8, 4) is 11.5 Å². The van der Waals surface area contributed by atoms with Crippen molar-refractivity contribution in [1.29, 1.82) is 0 Å². The number of ether oxygens (including phenoxy) is 2. The third-order valence-electron chi connectivity index (χ3n) is 4.80. The summed E-state index contributed by atoms with van der Waals surface area (Å²) in [7, 11) is 1.59. The fourth-order valence-electron chi connectivity index (χ4n) is 3.20. The Morgan fingerprint density at radius 3 is 2.48 bits per heavy atom. The summed E-state index contributed by atoms with van der Waals surface area (Å²) in [6.07, 6.45) is 0.480. The van der Waals surface area contributed by atoms with Crippen LogP contribution in [0.1, 0.15) is 38.3 Å². The van der Waals surface area contributed by atoms with Crippen molar-refractivity contribution in [2.24, 2.45) is 0 Å². The van der Waals surface area contributed by atoms with Gasteiger partial charge in [0, 0.05) is 17.6 Å². The number of carbonyl (C=O) groups excluding carboxylic acids is 2. The van der Waals surface area contributed by atoms with Gasteiger partial charge in [-0.15, -0.1) is 0 Å². The number of amides is 2. The fraction of sp³-hybridized carbons (Fsp3) is 0.417. The highest BCUT2D eigenvalue weighted by molar-refractivity contribution is 6.31. The normalized spacial score (nSPS) is 11.7. The highest BCUT2D eigenvalue weighted by atomic mass is 35.5. The van der Waals surface area contributed by atoms with Crippen LogP contribution >= 0.6 is 11.6 Å². The SMILES string of the molecule is CC[C@@H](C(=O)NC(C)C)N(Cc1cccc(OC)c1)C(=O)COc1ccc(Cl)c(C)c1. The molecule has 0 saturated heterocycles. The minimum atomic E-state index is -0.614. The van der Waals surface area contributed by atoms with Gasteiger partial charge in [-0.1, -0.05) is 30.7 Å². The summed E-state index contributed by atoms with van der Waals surface area (Å²) in [5.41, 5.74) is 1.73. The molecule has 6 nitrogen and oxygen atoms in total. The van der Waals surface area contributed by atoms with E-state index in [1.165, 1.54) is 0 Å². The number of nitrogens with zero attached hydrogens (tertiary/aromatic N) is 1. The first-order valence-corrected chi connectivity index (χ1v) is 10.7. The number of aryl methyl sites for hydroxylation is 1. The molecule has 31 heavy (non-hydrogen) atoms. The Labute approximate surface area is 189 Å². The summed E-state index contributed by atoms with van der Waals surface area (Å²) in [6.45, 7) is 7.63. The van der Waals surface area contributed by atoms with E-state index in [1.54, 1.807) is 30.2 Å². The van der Waals surface area contributed by atoms with E-state index in [4.69, 9.17) is 21.1 Å². The number of nitrogens with one attached hydrogen (secondary N) is 1. The number of hydrogen-bond donors (Lipinski definition) is 1. The first-order chi connectivity index (χ1) is 14.7. The molecule has 0 aliphatic carbocycles. The fourth-order valence-corrected chi connectivity index (χ4v) is 3.32. The molecule has 1 N–H and O–H groups in total. The third kappa shape index (κ3) is 7.17. The van der Waals surface area contributed by atoms with E-state index in [0.717, 1.165) is 11.1 Å². The minimum Gasteiger partial charge on any atom is -0.497 e. The van der Waals surface area contributed by atoms with Gasteiger partial charge in [-0.25, -0.2) is 0 Å². The monoisotopic (exact) mass is 446 g/mol. The Bertz CT molecular complexity index is 901. The van der Waals surface area contributed by atoms with Crippen molar-refractivity contribution >= 4 is 23.4 Å². The van der Waals surface area contributed by atoms with Gasteiger partial charge in [0.15, 0.2) is 6.61 Å². The zero-order valence-corrected chi connectivity index (χ0v) is 19.5. The maximum atomic E-state index is 13.2. The van der Waals surface area contributed by atoms with Crippen LogP contribution in [0.4, 0.5) is 0 Å². The zero-order chi connectivity index (χ0) is 23.0. The number of rotatable bonds is 10. The van der Waals surface area contributed by atoms with Crippen molar-refractivity contribution in [2.75, 3.05) is 13.7 Å². The van der Waals surface area contributed by atoms with Gasteiger partial charge in [0.2, 0.25) is 5.91 Å². The van der Waals surface area contributed by atoms with Crippen molar-refractivity contribution in [3.63, 3.8) is 0 Å². The minimum absolute atomic E-state index is 0.0244. The number of carbonyl (C=O) groups is 2. The molecule has 0 radical (unpaired) electrons. The van der Waals surface area contributed by atoms with Crippen LogP contribution in [0.5, 0.6) is 11.5 Å². The Kier molecular flexibility index (Phi) is 9.19. The van der Waals surface area contributed by atoms with Crippen LogP contribution in [0.3, 0.4) is 0 Å².